The zero-order valence-corrected chi connectivity index (χ0v) is 12.0. The molecule has 4 nitrogen and oxygen atoms in total. The monoisotopic (exact) mass is 265 g/mol. The largest absolute Gasteiger partial charge is 0.383 e. The van der Waals surface area contributed by atoms with Crippen LogP contribution in [0, 0.1) is 0 Å². The predicted octanol–water partition coefficient (Wildman–Crippen LogP) is 2.39. The Morgan fingerprint density at radius 1 is 1.37 bits per heavy atom. The minimum Gasteiger partial charge on any atom is -0.383 e. The van der Waals surface area contributed by atoms with Crippen molar-refractivity contribution in [3.8, 4) is 0 Å². The minimum atomic E-state index is -0.851. The molecule has 4 heteroatoms. The molecule has 0 bridgehead atoms. The van der Waals surface area contributed by atoms with Crippen LogP contribution >= 0.6 is 0 Å². The Morgan fingerprint density at radius 2 is 2.05 bits per heavy atom. The molecule has 1 aromatic heterocycles. The molecule has 0 aliphatic carbocycles. The minimum absolute atomic E-state index is 0.168. The Morgan fingerprint density at radius 3 is 2.68 bits per heavy atom. The molecule has 1 aromatic rings. The average Bonchev–Trinajstić information content (AvgIpc) is 2.37. The average molecular weight is 265 g/mol. The fourth-order valence-electron chi connectivity index (χ4n) is 2.08. The van der Waals surface area contributed by atoms with E-state index >= 15 is 0 Å². The molecule has 1 fully saturated rings. The summed E-state index contributed by atoms with van der Waals surface area (Å²) in [6.07, 6.45) is 2.94. The van der Waals surface area contributed by atoms with E-state index in [-0.39, 0.29) is 5.60 Å². The first-order chi connectivity index (χ1) is 8.89. The van der Waals surface area contributed by atoms with Gasteiger partial charge in [0.05, 0.1) is 17.9 Å². The topological polar surface area (TPSA) is 51.6 Å². The van der Waals surface area contributed by atoms with Crippen molar-refractivity contribution in [2.45, 2.75) is 51.4 Å². The molecule has 0 saturated carbocycles. The van der Waals surface area contributed by atoms with Gasteiger partial charge in [-0.1, -0.05) is 0 Å². The van der Waals surface area contributed by atoms with Crippen LogP contribution in [0.3, 0.4) is 0 Å². The molecule has 0 aromatic carbocycles. The second-order valence-corrected chi connectivity index (χ2v) is 6.09. The van der Waals surface area contributed by atoms with Crippen molar-refractivity contribution in [1.82, 2.24) is 4.98 Å². The summed E-state index contributed by atoms with van der Waals surface area (Å²) in [4.78, 5) is 4.32. The van der Waals surface area contributed by atoms with Gasteiger partial charge in [-0.3, -0.25) is 4.98 Å². The number of aromatic nitrogens is 1. The van der Waals surface area contributed by atoms with Gasteiger partial charge in [0.1, 0.15) is 5.60 Å². The van der Waals surface area contributed by atoms with Crippen molar-refractivity contribution in [3.05, 3.63) is 29.6 Å². The summed E-state index contributed by atoms with van der Waals surface area (Å²) >= 11 is 0. The van der Waals surface area contributed by atoms with E-state index in [0.29, 0.717) is 32.7 Å². The van der Waals surface area contributed by atoms with E-state index in [1.807, 2.05) is 32.9 Å². The van der Waals surface area contributed by atoms with Crippen LogP contribution in [0.1, 0.15) is 44.9 Å². The molecular formula is C15H23NO3. The van der Waals surface area contributed by atoms with Gasteiger partial charge < -0.3 is 14.6 Å². The Labute approximate surface area is 114 Å². The summed E-state index contributed by atoms with van der Waals surface area (Å²) in [6.45, 7) is 7.79. The molecule has 1 saturated heterocycles. The highest BCUT2D eigenvalue weighted by molar-refractivity contribution is 5.21. The number of aliphatic hydroxyl groups is 1. The first-order valence-corrected chi connectivity index (χ1v) is 6.79. The second kappa shape index (κ2) is 5.57. The van der Waals surface area contributed by atoms with Gasteiger partial charge in [-0.05, 0) is 38.5 Å². The molecule has 0 amide bonds. The van der Waals surface area contributed by atoms with Crippen LogP contribution in [0.15, 0.2) is 18.3 Å². The number of pyridine rings is 1. The summed E-state index contributed by atoms with van der Waals surface area (Å²) in [5, 5.41) is 10.6. The van der Waals surface area contributed by atoms with Gasteiger partial charge in [-0.15, -0.1) is 0 Å². The molecule has 0 atom stereocenters. The number of hydrogen-bond donors (Lipinski definition) is 1. The van der Waals surface area contributed by atoms with Gasteiger partial charge in [0.25, 0.3) is 0 Å². The predicted molar refractivity (Wildman–Crippen MR) is 72.7 cm³/mol. The maximum absolute atomic E-state index is 10.6. The molecule has 106 valence electrons. The van der Waals surface area contributed by atoms with E-state index < -0.39 is 5.60 Å². The highest BCUT2D eigenvalue weighted by Gasteiger charge is 2.33. The van der Waals surface area contributed by atoms with Crippen LogP contribution < -0.4 is 0 Å². The maximum atomic E-state index is 10.6. The van der Waals surface area contributed by atoms with Gasteiger partial charge in [0.2, 0.25) is 0 Å². The van der Waals surface area contributed by atoms with E-state index in [2.05, 4.69) is 4.98 Å². The number of ether oxygens (including phenoxy) is 2. The van der Waals surface area contributed by atoms with Gasteiger partial charge in [-0.2, -0.15) is 0 Å². The Bertz CT molecular complexity index is 420. The molecule has 2 heterocycles. The van der Waals surface area contributed by atoms with E-state index in [1.165, 1.54) is 0 Å². The van der Waals surface area contributed by atoms with Gasteiger partial charge in [-0.25, -0.2) is 0 Å². The van der Waals surface area contributed by atoms with Crippen LogP contribution in [0.2, 0.25) is 0 Å². The van der Waals surface area contributed by atoms with Crippen molar-refractivity contribution in [2.24, 2.45) is 0 Å². The van der Waals surface area contributed by atoms with E-state index in [4.69, 9.17) is 9.47 Å². The molecule has 2 rings (SSSR count). The lowest BCUT2D eigenvalue weighted by Crippen LogP contribution is -2.34. The molecule has 1 N–H and O–H groups in total. The van der Waals surface area contributed by atoms with E-state index in [9.17, 15) is 5.11 Å². The summed E-state index contributed by atoms with van der Waals surface area (Å²) in [6, 6.07) is 3.87. The van der Waals surface area contributed by atoms with Crippen LogP contribution in [0.4, 0.5) is 0 Å². The quantitative estimate of drug-likeness (QED) is 0.911. The van der Waals surface area contributed by atoms with Gasteiger partial charge in [0.15, 0.2) is 0 Å². The summed E-state index contributed by atoms with van der Waals surface area (Å²) in [5.74, 6) is 0. The summed E-state index contributed by atoms with van der Waals surface area (Å²) in [7, 11) is 0. The van der Waals surface area contributed by atoms with Crippen LogP contribution in [0.5, 0.6) is 0 Å². The molecule has 0 radical (unpaired) electrons. The van der Waals surface area contributed by atoms with E-state index in [0.717, 1.165) is 11.3 Å². The Hall–Kier alpha value is -0.970. The lowest BCUT2D eigenvalue weighted by Gasteiger charge is -2.31. The maximum Gasteiger partial charge on any atom is 0.111 e. The standard InChI is InChI=1S/C15H23NO3/c1-14(2,3)19-11-12-4-7-16-13(10-12)15(17)5-8-18-9-6-15/h4,7,10,17H,5-6,8-9,11H2,1-3H3. The lowest BCUT2D eigenvalue weighted by molar-refractivity contribution is -0.0707. The molecule has 19 heavy (non-hydrogen) atoms. The van der Waals surface area contributed by atoms with Crippen LogP contribution in [-0.2, 0) is 21.7 Å². The van der Waals surface area contributed by atoms with Gasteiger partial charge in [0, 0.05) is 32.3 Å². The highest BCUT2D eigenvalue weighted by atomic mass is 16.5. The Kier molecular flexibility index (Phi) is 4.23. The zero-order chi connectivity index (χ0) is 13.9. The van der Waals surface area contributed by atoms with Crippen molar-refractivity contribution < 1.29 is 14.6 Å². The molecular weight excluding hydrogens is 242 g/mol. The summed E-state index contributed by atoms with van der Waals surface area (Å²) in [5.41, 5.74) is 0.750. The zero-order valence-electron chi connectivity index (χ0n) is 12.0. The van der Waals surface area contributed by atoms with Crippen molar-refractivity contribution in [1.29, 1.82) is 0 Å². The van der Waals surface area contributed by atoms with Crippen molar-refractivity contribution >= 4 is 0 Å². The normalized spacial score (nSPS) is 19.4. The van der Waals surface area contributed by atoms with Gasteiger partial charge >= 0.3 is 0 Å². The fourth-order valence-corrected chi connectivity index (χ4v) is 2.08. The SMILES string of the molecule is CC(C)(C)OCc1ccnc(C2(O)CCOCC2)c1. The van der Waals surface area contributed by atoms with Crippen LogP contribution in [-0.4, -0.2) is 28.9 Å². The summed E-state index contributed by atoms with van der Waals surface area (Å²) < 4.78 is 11.1. The first kappa shape index (κ1) is 14.4. The third-order valence-electron chi connectivity index (χ3n) is 3.29. The third-order valence-corrected chi connectivity index (χ3v) is 3.29. The van der Waals surface area contributed by atoms with E-state index in [1.54, 1.807) is 6.20 Å². The number of hydrogen-bond acceptors (Lipinski definition) is 4. The fraction of sp³-hybridized carbons (Fsp3) is 0.667. The molecule has 0 unspecified atom stereocenters. The number of rotatable bonds is 3. The highest BCUT2D eigenvalue weighted by Crippen LogP contribution is 2.31. The molecule has 1 aliphatic heterocycles. The van der Waals surface area contributed by atoms with Crippen molar-refractivity contribution in [3.63, 3.8) is 0 Å². The Balaban J connectivity index is 2.10. The first-order valence-electron chi connectivity index (χ1n) is 6.79. The van der Waals surface area contributed by atoms with Crippen LogP contribution in [0.25, 0.3) is 0 Å². The smallest absolute Gasteiger partial charge is 0.111 e. The van der Waals surface area contributed by atoms with Crippen molar-refractivity contribution in [2.75, 3.05) is 13.2 Å². The number of nitrogens with zero attached hydrogens (tertiary/aromatic N) is 1. The second-order valence-electron chi connectivity index (χ2n) is 6.09. The molecule has 1 aliphatic rings. The molecule has 0 spiro atoms. The third kappa shape index (κ3) is 4.00. The lowest BCUT2D eigenvalue weighted by atomic mass is 9.89.